The molecule has 0 aliphatic carbocycles. The van der Waals surface area contributed by atoms with Gasteiger partial charge in [0.1, 0.15) is 12.6 Å². The van der Waals surface area contributed by atoms with Gasteiger partial charge in [0.2, 0.25) is 0 Å². The van der Waals surface area contributed by atoms with Gasteiger partial charge in [-0.3, -0.25) is 0 Å². The van der Waals surface area contributed by atoms with Gasteiger partial charge in [-0.1, -0.05) is 0 Å². The van der Waals surface area contributed by atoms with E-state index in [1.807, 2.05) is 0 Å². The Bertz CT molecular complexity index is 1690. The Morgan fingerprint density at radius 2 is 0.500 bits per heavy atom. The van der Waals surface area contributed by atoms with Crippen LogP contribution in [0.3, 0.4) is 0 Å². The van der Waals surface area contributed by atoms with E-state index in [0.29, 0.717) is 0 Å². The summed E-state index contributed by atoms with van der Waals surface area (Å²) in [5, 5.41) is 9.65. The van der Waals surface area contributed by atoms with Crippen molar-refractivity contribution in [2.45, 2.75) is 119 Å². The van der Waals surface area contributed by atoms with Crippen LogP contribution in [0.2, 0.25) is 0 Å². The minimum absolute atomic E-state index is 0.174. The number of hydrogen-bond donors (Lipinski definition) is 1. The highest BCUT2D eigenvalue weighted by Gasteiger charge is 3.02. The quantitative estimate of drug-likeness (QED) is 0.0625. The first kappa shape index (κ1) is 63.7. The molecule has 0 aromatic rings. The number of alkyl halides is 37. The molecule has 0 rings (SSSR count). The Labute approximate surface area is 343 Å². The van der Waals surface area contributed by atoms with E-state index in [1.54, 1.807) is 0 Å². The molecule has 0 aliphatic rings. The fourth-order valence-electron chi connectivity index (χ4n) is 4.43. The van der Waals surface area contributed by atoms with Gasteiger partial charge >= 0.3 is 107 Å². The molecule has 0 bridgehead atoms. The highest BCUT2D eigenvalue weighted by molar-refractivity contribution is 7.99. The van der Waals surface area contributed by atoms with Crippen LogP contribution in [-0.2, 0) is 0 Å². The lowest BCUT2D eigenvalue weighted by atomic mass is 9.82. The Morgan fingerprint density at radius 1 is 0.318 bits per heavy atom. The first-order chi connectivity index (χ1) is 27.9. The molecule has 0 aromatic heterocycles. The molecule has 0 aromatic carbocycles. The van der Waals surface area contributed by atoms with Crippen molar-refractivity contribution in [3.8, 4) is 0 Å². The minimum atomic E-state index is -10.4. The number of nitrogens with zero attached hydrogens (tertiary/aromatic N) is 1. The number of halogens is 37. The topological polar surface area (TPSA) is 20.2 Å². The second kappa shape index (κ2) is 16.6. The van der Waals surface area contributed by atoms with Crippen LogP contribution in [0, 0.1) is 0 Å². The highest BCUT2D eigenvalue weighted by Crippen LogP contribution is 2.70. The molecule has 1 unspecified atom stereocenters. The molecule has 0 radical (unpaired) electrons. The van der Waals surface area contributed by atoms with Gasteiger partial charge in [0.15, 0.2) is 0 Å². The number of hydrogen-bond acceptors (Lipinski definition) is 2. The molecule has 0 heterocycles. The third-order valence-electron chi connectivity index (χ3n) is 8.36. The Balaban J connectivity index is 7.54. The van der Waals surface area contributed by atoms with Gasteiger partial charge < -0.3 is 9.59 Å². The summed E-state index contributed by atoms with van der Waals surface area (Å²) in [5.41, 5.74) is 0. The van der Waals surface area contributed by atoms with E-state index < -0.39 is 131 Å². The largest absolute Gasteiger partial charge is 0.460 e. The van der Waals surface area contributed by atoms with Crippen molar-refractivity contribution in [1.82, 2.24) is 0 Å². The molecule has 398 valence electrons. The van der Waals surface area contributed by atoms with Crippen LogP contribution >= 0.6 is 11.8 Å². The number of rotatable bonds is 23. The number of aliphatic hydroxyl groups is 1. The second-order valence-electron chi connectivity index (χ2n) is 14.3. The van der Waals surface area contributed by atoms with E-state index in [2.05, 4.69) is 0 Å². The zero-order valence-electron chi connectivity index (χ0n) is 30.7. The fourth-order valence-corrected chi connectivity index (χ4v) is 5.37. The maximum absolute atomic E-state index is 14.2. The van der Waals surface area contributed by atoms with Gasteiger partial charge in [0, 0.05) is 12.2 Å². The van der Waals surface area contributed by atoms with Crippen LogP contribution in [-0.4, -0.2) is 162 Å². The monoisotopic (exact) mass is 1100 g/mol. The molecule has 0 fully saturated rings. The van der Waals surface area contributed by atoms with E-state index in [0.717, 1.165) is 0 Å². The summed E-state index contributed by atoms with van der Waals surface area (Å²) in [6.07, 6.45) is -13.2. The zero-order valence-corrected chi connectivity index (χ0v) is 31.5. The van der Waals surface area contributed by atoms with Crippen LogP contribution in [0.5, 0.6) is 0 Å². The van der Waals surface area contributed by atoms with Gasteiger partial charge in [-0.05, 0) is 5.75 Å². The minimum Gasteiger partial charge on any atom is -0.386 e. The molecule has 2 nitrogen and oxygen atoms in total. The average molecular weight is 1100 g/mol. The van der Waals surface area contributed by atoms with Crippen molar-refractivity contribution in [2.75, 3.05) is 39.2 Å². The van der Waals surface area contributed by atoms with Crippen molar-refractivity contribution >= 4 is 11.8 Å². The summed E-state index contributed by atoms with van der Waals surface area (Å²) in [7, 11) is 3.99. The molecule has 40 heteroatoms. The van der Waals surface area contributed by atoms with E-state index in [-0.39, 0.29) is 22.8 Å². The van der Waals surface area contributed by atoms with Crippen molar-refractivity contribution < 1.29 is 172 Å². The van der Waals surface area contributed by atoms with Crippen molar-refractivity contribution in [3.63, 3.8) is 0 Å². The molecule has 0 saturated carbocycles. The molecule has 0 aliphatic heterocycles. The molecular formula is C26H19F37NOS+. The summed E-state index contributed by atoms with van der Waals surface area (Å²) >= 11 is -0.203. The third-order valence-corrected chi connectivity index (χ3v) is 9.47. The van der Waals surface area contributed by atoms with Crippen LogP contribution in [0.1, 0.15) is 6.42 Å². The SMILES string of the molecule is C[N+](C)(C)CC(O)CSCCC(F)(F)C(F)(F)C(F)(F)C(F)(F)C(F)(F)C(F)(F)C(F)(F)C(F)(F)C(F)(F)C(F)(F)C(F)(F)C(F)(F)C(F)(F)C(F)(F)C(F)(F)C(F)(F)C(F)(F)C(F)(F)F. The number of thioether (sulfide) groups is 1. The fraction of sp³-hybridized carbons (Fsp3) is 1.00. The summed E-state index contributed by atoms with van der Waals surface area (Å²) in [4.78, 5) is 0. The van der Waals surface area contributed by atoms with Crippen LogP contribution < -0.4 is 0 Å². The van der Waals surface area contributed by atoms with Gasteiger partial charge in [-0.25, -0.2) is 0 Å². The van der Waals surface area contributed by atoms with E-state index in [9.17, 15) is 168 Å². The molecule has 1 atom stereocenters. The normalized spacial score (nSPS) is 17.4. The van der Waals surface area contributed by atoms with Crippen LogP contribution in [0.4, 0.5) is 162 Å². The first-order valence-electron chi connectivity index (χ1n) is 15.4. The van der Waals surface area contributed by atoms with E-state index in [1.165, 1.54) is 21.1 Å². The lowest BCUT2D eigenvalue weighted by Gasteiger charge is -2.47. The van der Waals surface area contributed by atoms with Crippen molar-refractivity contribution in [1.29, 1.82) is 0 Å². The molecular weight excluding hydrogens is 1080 g/mol. The summed E-state index contributed by atoms with van der Waals surface area (Å²) in [6.45, 7) is -0.349. The molecule has 66 heavy (non-hydrogen) atoms. The van der Waals surface area contributed by atoms with Gasteiger partial charge in [-0.2, -0.15) is 174 Å². The van der Waals surface area contributed by atoms with E-state index in [4.69, 9.17) is 0 Å². The number of quaternary nitrogens is 1. The Kier molecular flexibility index (Phi) is 16.1. The average Bonchev–Trinajstić information content (AvgIpc) is 3.07. The summed E-state index contributed by atoms with van der Waals surface area (Å²) < 4.78 is 509. The number of likely N-dealkylation sites (N-methyl/N-ethyl adjacent to an activating group) is 1. The molecule has 1 N–H and O–H groups in total. The third kappa shape index (κ3) is 8.48. The van der Waals surface area contributed by atoms with Gasteiger partial charge in [0.25, 0.3) is 0 Å². The Hall–Kier alpha value is -2.32. The van der Waals surface area contributed by atoms with Crippen molar-refractivity contribution in [3.05, 3.63) is 0 Å². The number of aliphatic hydroxyl groups excluding tert-OH is 1. The lowest BCUT2D eigenvalue weighted by Crippen LogP contribution is -2.80. The van der Waals surface area contributed by atoms with E-state index >= 15 is 0 Å². The second-order valence-corrected chi connectivity index (χ2v) is 15.5. The van der Waals surface area contributed by atoms with Crippen molar-refractivity contribution in [2.24, 2.45) is 0 Å². The maximum atomic E-state index is 14.2. The summed E-state index contributed by atoms with van der Waals surface area (Å²) in [5.74, 6) is -168. The lowest BCUT2D eigenvalue weighted by molar-refractivity contribution is -0.873. The van der Waals surface area contributed by atoms with Gasteiger partial charge in [-0.15, -0.1) is 0 Å². The Morgan fingerprint density at radius 3 is 0.682 bits per heavy atom. The molecule has 0 spiro atoms. The molecule has 0 saturated heterocycles. The van der Waals surface area contributed by atoms with Gasteiger partial charge in [0.05, 0.1) is 21.1 Å². The predicted octanol–water partition coefficient (Wildman–Crippen LogP) is 12.5. The standard InChI is InChI=1S/C26H19F37NOS/c1-64(2,3)6-8(65)7-66-5-4-9(27,28)10(29,30)11(31,32)12(33,34)13(35,36)14(37,38)15(39,40)16(41,42)17(43,44)18(45,46)19(47,48)20(49,50)21(51,52)22(53,54)23(55,56)24(57,58)25(59,60)26(61,62)63/h8,65H,4-7H2,1-3H3/q+1. The first-order valence-corrected chi connectivity index (χ1v) is 16.6. The maximum Gasteiger partial charge on any atom is 0.460 e. The smallest absolute Gasteiger partial charge is 0.386 e. The zero-order chi connectivity index (χ0) is 54.6. The summed E-state index contributed by atoms with van der Waals surface area (Å²) in [6, 6.07) is 0. The highest BCUT2D eigenvalue weighted by atomic mass is 32.2. The molecule has 0 amide bonds. The van der Waals surface area contributed by atoms with Crippen LogP contribution in [0.25, 0.3) is 0 Å². The van der Waals surface area contributed by atoms with Crippen LogP contribution in [0.15, 0.2) is 0 Å². The predicted molar refractivity (Wildman–Crippen MR) is 141 cm³/mol.